The topological polar surface area (TPSA) is 70.7 Å². The minimum Gasteiger partial charge on any atom is -0.378 e. The van der Waals surface area contributed by atoms with Gasteiger partial charge in [-0.2, -0.15) is 0 Å². The first-order valence-electron chi connectivity index (χ1n) is 8.48. The highest BCUT2D eigenvalue weighted by atomic mass is 35.5. The average molecular weight is 438 g/mol. The van der Waals surface area contributed by atoms with Gasteiger partial charge in [0.2, 0.25) is 0 Å². The number of thiocarbonyl (C=S) groups is 1. The van der Waals surface area contributed by atoms with Crippen LogP contribution in [0.2, 0.25) is 10.0 Å². The number of carbonyl (C=O) groups excluding carboxylic acids is 2. The van der Waals surface area contributed by atoms with Crippen molar-refractivity contribution in [3.63, 3.8) is 0 Å². The Labute approximate surface area is 177 Å². The molecule has 0 atom stereocenters. The van der Waals surface area contributed by atoms with Gasteiger partial charge in [-0.3, -0.25) is 14.9 Å². The summed E-state index contributed by atoms with van der Waals surface area (Å²) in [6, 6.07) is 11.5. The molecule has 2 aromatic carbocycles. The van der Waals surface area contributed by atoms with Crippen LogP contribution in [0.25, 0.3) is 0 Å². The molecule has 1 aliphatic heterocycles. The van der Waals surface area contributed by atoms with Crippen LogP contribution in [0.4, 0.5) is 5.69 Å². The van der Waals surface area contributed by atoms with E-state index in [2.05, 4.69) is 10.6 Å². The van der Waals surface area contributed by atoms with E-state index in [-0.39, 0.29) is 16.0 Å². The highest BCUT2D eigenvalue weighted by Crippen LogP contribution is 2.22. The van der Waals surface area contributed by atoms with Gasteiger partial charge in [0.1, 0.15) is 0 Å². The molecule has 28 heavy (non-hydrogen) atoms. The third-order valence-electron chi connectivity index (χ3n) is 4.07. The number of ether oxygens (including phenoxy) is 1. The number of nitrogens with zero attached hydrogens (tertiary/aromatic N) is 1. The monoisotopic (exact) mass is 437 g/mol. The molecule has 3 rings (SSSR count). The number of halogens is 2. The van der Waals surface area contributed by atoms with Crippen molar-refractivity contribution in [1.82, 2.24) is 10.2 Å². The summed E-state index contributed by atoms with van der Waals surface area (Å²) in [5, 5.41) is 6.23. The minimum absolute atomic E-state index is 0.0716. The van der Waals surface area contributed by atoms with Gasteiger partial charge in [0.25, 0.3) is 11.8 Å². The molecule has 2 aromatic rings. The summed E-state index contributed by atoms with van der Waals surface area (Å²) < 4.78 is 5.27. The number of rotatable bonds is 3. The molecular weight excluding hydrogens is 421 g/mol. The maximum Gasteiger partial charge on any atom is 0.257 e. The van der Waals surface area contributed by atoms with E-state index in [4.69, 9.17) is 40.2 Å². The van der Waals surface area contributed by atoms with Crippen LogP contribution in [-0.4, -0.2) is 48.1 Å². The molecule has 0 bridgehead atoms. The van der Waals surface area contributed by atoms with Crippen LogP contribution in [0.15, 0.2) is 42.5 Å². The molecule has 0 radical (unpaired) electrons. The normalized spacial score (nSPS) is 13.7. The van der Waals surface area contributed by atoms with Crippen molar-refractivity contribution in [2.24, 2.45) is 0 Å². The molecule has 1 heterocycles. The van der Waals surface area contributed by atoms with Crippen LogP contribution < -0.4 is 10.6 Å². The van der Waals surface area contributed by atoms with E-state index in [9.17, 15) is 9.59 Å². The van der Waals surface area contributed by atoms with Crippen molar-refractivity contribution < 1.29 is 14.3 Å². The fourth-order valence-corrected chi connectivity index (χ4v) is 3.16. The number of nitrogens with one attached hydrogen (secondary N) is 2. The lowest BCUT2D eigenvalue weighted by Crippen LogP contribution is -2.40. The van der Waals surface area contributed by atoms with E-state index in [1.165, 1.54) is 12.1 Å². The van der Waals surface area contributed by atoms with E-state index in [0.717, 1.165) is 0 Å². The Kier molecular flexibility index (Phi) is 6.85. The Hall–Kier alpha value is -2.19. The molecule has 0 aliphatic carbocycles. The molecular formula is C19H17Cl2N3O3S. The Morgan fingerprint density at radius 3 is 2.46 bits per heavy atom. The van der Waals surface area contributed by atoms with Gasteiger partial charge in [0, 0.05) is 29.9 Å². The summed E-state index contributed by atoms with van der Waals surface area (Å²) in [7, 11) is 0. The molecule has 146 valence electrons. The van der Waals surface area contributed by atoms with Crippen LogP contribution in [0.5, 0.6) is 0 Å². The van der Waals surface area contributed by atoms with Crippen LogP contribution in [0.1, 0.15) is 20.7 Å². The van der Waals surface area contributed by atoms with Gasteiger partial charge in [-0.15, -0.1) is 0 Å². The predicted molar refractivity (Wildman–Crippen MR) is 113 cm³/mol. The Morgan fingerprint density at radius 2 is 1.75 bits per heavy atom. The summed E-state index contributed by atoms with van der Waals surface area (Å²) in [6.07, 6.45) is 0. The molecule has 9 heteroatoms. The van der Waals surface area contributed by atoms with E-state index < -0.39 is 5.91 Å². The lowest BCUT2D eigenvalue weighted by molar-refractivity contribution is 0.0303. The van der Waals surface area contributed by atoms with E-state index in [1.54, 1.807) is 35.2 Å². The Morgan fingerprint density at radius 1 is 1.00 bits per heavy atom. The molecule has 1 fully saturated rings. The number of carbonyl (C=O) groups is 2. The number of anilines is 1. The molecule has 0 unspecified atom stereocenters. The van der Waals surface area contributed by atoms with Gasteiger partial charge in [-0.05, 0) is 48.6 Å². The smallest absolute Gasteiger partial charge is 0.257 e. The second kappa shape index (κ2) is 9.34. The minimum atomic E-state index is -0.420. The quantitative estimate of drug-likeness (QED) is 0.717. The highest BCUT2D eigenvalue weighted by molar-refractivity contribution is 7.80. The highest BCUT2D eigenvalue weighted by Gasteiger charge is 2.19. The standard InChI is InChI=1S/C19H17Cl2N3O3S/c20-15-5-4-12(11-16(15)21)17(25)23-19(28)22-14-3-1-2-13(10-14)18(26)24-6-8-27-9-7-24/h1-5,10-11H,6-9H2,(H2,22,23,25,28). The largest absolute Gasteiger partial charge is 0.378 e. The molecule has 0 saturated carbocycles. The second-order valence-corrected chi connectivity index (χ2v) is 7.25. The fourth-order valence-electron chi connectivity index (χ4n) is 2.65. The zero-order valence-corrected chi connectivity index (χ0v) is 17.0. The molecule has 2 amide bonds. The van der Waals surface area contributed by atoms with Crippen molar-refractivity contribution in [3.8, 4) is 0 Å². The van der Waals surface area contributed by atoms with Crippen LogP contribution in [0, 0.1) is 0 Å². The van der Waals surface area contributed by atoms with Crippen molar-refractivity contribution in [2.45, 2.75) is 0 Å². The Bertz CT molecular complexity index is 917. The lowest BCUT2D eigenvalue weighted by atomic mass is 10.1. The van der Waals surface area contributed by atoms with E-state index in [1.807, 2.05) is 0 Å². The van der Waals surface area contributed by atoms with Crippen molar-refractivity contribution in [1.29, 1.82) is 0 Å². The summed E-state index contributed by atoms with van der Waals surface area (Å²) in [6.45, 7) is 2.20. The molecule has 1 aliphatic rings. The van der Waals surface area contributed by atoms with Gasteiger partial charge >= 0.3 is 0 Å². The van der Waals surface area contributed by atoms with Gasteiger partial charge in [0.15, 0.2) is 5.11 Å². The first-order chi connectivity index (χ1) is 13.4. The summed E-state index contributed by atoms with van der Waals surface area (Å²) in [5.74, 6) is -0.491. The van der Waals surface area contributed by atoms with Gasteiger partial charge in [0.05, 0.1) is 23.3 Å². The van der Waals surface area contributed by atoms with Gasteiger partial charge < -0.3 is 15.0 Å². The number of morpholine rings is 1. The van der Waals surface area contributed by atoms with Gasteiger partial charge in [-0.1, -0.05) is 29.3 Å². The number of hydrogen-bond donors (Lipinski definition) is 2. The maximum atomic E-state index is 12.6. The van der Waals surface area contributed by atoms with Crippen molar-refractivity contribution >= 4 is 58.0 Å². The van der Waals surface area contributed by atoms with E-state index >= 15 is 0 Å². The SMILES string of the molecule is O=C(NC(=S)Nc1cccc(C(=O)N2CCOCC2)c1)c1ccc(Cl)c(Cl)c1. The molecule has 1 saturated heterocycles. The third kappa shape index (κ3) is 5.20. The number of amides is 2. The van der Waals surface area contributed by atoms with Crippen molar-refractivity contribution in [2.75, 3.05) is 31.6 Å². The maximum absolute atomic E-state index is 12.6. The molecule has 0 aromatic heterocycles. The lowest BCUT2D eigenvalue weighted by Gasteiger charge is -2.27. The fraction of sp³-hybridized carbons (Fsp3) is 0.211. The first-order valence-corrected chi connectivity index (χ1v) is 9.65. The molecule has 0 spiro atoms. The second-order valence-electron chi connectivity index (χ2n) is 6.02. The van der Waals surface area contributed by atoms with E-state index in [0.29, 0.717) is 48.1 Å². The van der Waals surface area contributed by atoms with Gasteiger partial charge in [-0.25, -0.2) is 0 Å². The van der Waals surface area contributed by atoms with Crippen molar-refractivity contribution in [3.05, 3.63) is 63.6 Å². The predicted octanol–water partition coefficient (Wildman–Crippen LogP) is 3.59. The summed E-state index contributed by atoms with van der Waals surface area (Å²) >= 11 is 17.0. The molecule has 6 nitrogen and oxygen atoms in total. The van der Waals surface area contributed by atoms with Crippen LogP contribution >= 0.6 is 35.4 Å². The third-order valence-corrected chi connectivity index (χ3v) is 5.02. The van der Waals surface area contributed by atoms with Crippen LogP contribution in [0.3, 0.4) is 0 Å². The average Bonchev–Trinajstić information content (AvgIpc) is 2.70. The summed E-state index contributed by atoms with van der Waals surface area (Å²) in [5.41, 5.74) is 1.46. The zero-order valence-electron chi connectivity index (χ0n) is 14.7. The first kappa shape index (κ1) is 20.5. The summed E-state index contributed by atoms with van der Waals surface area (Å²) in [4.78, 5) is 26.6. The zero-order chi connectivity index (χ0) is 20.1. The van der Waals surface area contributed by atoms with Crippen LogP contribution in [-0.2, 0) is 4.74 Å². The number of benzene rings is 2. The number of hydrogen-bond acceptors (Lipinski definition) is 4. The molecule has 2 N–H and O–H groups in total. The Balaban J connectivity index is 1.63.